The molecule has 2 aliphatic rings. The molecule has 74 valence electrons. The van der Waals surface area contributed by atoms with Gasteiger partial charge in [-0.05, 0) is 35.4 Å². The Morgan fingerprint density at radius 1 is 1.21 bits per heavy atom. The lowest BCUT2D eigenvalue weighted by atomic mass is 10.0. The summed E-state index contributed by atoms with van der Waals surface area (Å²) in [5.74, 6) is 2.49. The van der Waals surface area contributed by atoms with Gasteiger partial charge in [0.15, 0.2) is 11.5 Å². The van der Waals surface area contributed by atoms with Crippen LogP contribution in [-0.2, 0) is 0 Å². The van der Waals surface area contributed by atoms with Crippen molar-refractivity contribution in [2.24, 2.45) is 5.41 Å². The van der Waals surface area contributed by atoms with E-state index in [-0.39, 0.29) is 0 Å². The fourth-order valence-corrected chi connectivity index (χ4v) is 2.17. The highest BCUT2D eigenvalue weighted by Crippen LogP contribution is 2.59. The molecule has 1 unspecified atom stereocenters. The summed E-state index contributed by atoms with van der Waals surface area (Å²) in [6.07, 6.45) is 1.28. The highest BCUT2D eigenvalue weighted by atomic mass is 16.7. The molecule has 0 radical (unpaired) electrons. The van der Waals surface area contributed by atoms with Gasteiger partial charge < -0.3 is 9.47 Å². The summed E-state index contributed by atoms with van der Waals surface area (Å²) in [4.78, 5) is 0. The molecule has 1 aromatic carbocycles. The van der Waals surface area contributed by atoms with E-state index in [1.165, 1.54) is 12.0 Å². The molecule has 1 atom stereocenters. The number of benzene rings is 1. The van der Waals surface area contributed by atoms with Crippen molar-refractivity contribution in [1.82, 2.24) is 0 Å². The Labute approximate surface area is 83.8 Å². The summed E-state index contributed by atoms with van der Waals surface area (Å²) < 4.78 is 10.6. The van der Waals surface area contributed by atoms with Gasteiger partial charge in [0.05, 0.1) is 0 Å². The Balaban J connectivity index is 1.94. The van der Waals surface area contributed by atoms with E-state index in [4.69, 9.17) is 9.47 Å². The first kappa shape index (κ1) is 8.16. The molecule has 0 aromatic heterocycles. The molecule has 0 N–H and O–H groups in total. The molecular formula is C12H14O2. The van der Waals surface area contributed by atoms with Crippen LogP contribution in [0.15, 0.2) is 18.2 Å². The minimum Gasteiger partial charge on any atom is -0.454 e. The maximum absolute atomic E-state index is 5.36. The molecule has 1 aliphatic carbocycles. The summed E-state index contributed by atoms with van der Waals surface area (Å²) in [5.41, 5.74) is 1.87. The van der Waals surface area contributed by atoms with Gasteiger partial charge in [0.2, 0.25) is 6.79 Å². The maximum Gasteiger partial charge on any atom is 0.231 e. The molecule has 0 amide bonds. The standard InChI is InChI=1S/C12H14O2/c1-12(2)6-9(12)8-3-4-10-11(5-8)14-7-13-10/h3-5,9H,6-7H2,1-2H3. The van der Waals surface area contributed by atoms with E-state index in [1.807, 2.05) is 6.07 Å². The molecule has 0 spiro atoms. The Morgan fingerprint density at radius 3 is 2.64 bits per heavy atom. The molecular weight excluding hydrogens is 176 g/mol. The van der Waals surface area contributed by atoms with Crippen LogP contribution in [0.1, 0.15) is 31.7 Å². The van der Waals surface area contributed by atoms with Crippen molar-refractivity contribution in [3.63, 3.8) is 0 Å². The Bertz CT molecular complexity index is 382. The highest BCUT2D eigenvalue weighted by molar-refractivity contribution is 5.47. The second kappa shape index (κ2) is 2.44. The minimum absolute atomic E-state index is 0.368. The smallest absolute Gasteiger partial charge is 0.231 e. The SMILES string of the molecule is CC1(C)CC1c1ccc2c(c1)OCO2. The first-order chi connectivity index (χ1) is 6.67. The van der Waals surface area contributed by atoms with E-state index in [9.17, 15) is 0 Å². The van der Waals surface area contributed by atoms with Crippen molar-refractivity contribution < 1.29 is 9.47 Å². The molecule has 14 heavy (non-hydrogen) atoms. The van der Waals surface area contributed by atoms with Crippen molar-refractivity contribution in [2.45, 2.75) is 26.2 Å². The first-order valence-corrected chi connectivity index (χ1v) is 5.06. The van der Waals surface area contributed by atoms with Gasteiger partial charge in [-0.3, -0.25) is 0 Å². The predicted octanol–water partition coefficient (Wildman–Crippen LogP) is 2.93. The lowest BCUT2D eigenvalue weighted by molar-refractivity contribution is 0.174. The van der Waals surface area contributed by atoms with Crippen LogP contribution >= 0.6 is 0 Å². The van der Waals surface area contributed by atoms with Gasteiger partial charge in [-0.15, -0.1) is 0 Å². The fourth-order valence-electron chi connectivity index (χ4n) is 2.17. The van der Waals surface area contributed by atoms with Gasteiger partial charge in [-0.1, -0.05) is 19.9 Å². The van der Waals surface area contributed by atoms with Crippen LogP contribution < -0.4 is 9.47 Å². The number of hydrogen-bond acceptors (Lipinski definition) is 2. The number of hydrogen-bond donors (Lipinski definition) is 0. The quantitative estimate of drug-likeness (QED) is 0.677. The molecule has 2 heteroatoms. The van der Waals surface area contributed by atoms with E-state index in [0.717, 1.165) is 11.5 Å². The topological polar surface area (TPSA) is 18.5 Å². The van der Waals surface area contributed by atoms with Gasteiger partial charge >= 0.3 is 0 Å². The molecule has 1 fully saturated rings. The number of ether oxygens (including phenoxy) is 2. The largest absolute Gasteiger partial charge is 0.454 e. The van der Waals surface area contributed by atoms with Crippen molar-refractivity contribution in [1.29, 1.82) is 0 Å². The first-order valence-electron chi connectivity index (χ1n) is 5.06. The Hall–Kier alpha value is -1.18. The third-order valence-corrected chi connectivity index (χ3v) is 3.31. The molecule has 0 saturated heterocycles. The number of rotatable bonds is 1. The average molecular weight is 190 g/mol. The van der Waals surface area contributed by atoms with Crippen molar-refractivity contribution in [2.75, 3.05) is 6.79 Å². The fraction of sp³-hybridized carbons (Fsp3) is 0.500. The third-order valence-electron chi connectivity index (χ3n) is 3.31. The van der Waals surface area contributed by atoms with E-state index in [1.54, 1.807) is 0 Å². The van der Waals surface area contributed by atoms with Crippen molar-refractivity contribution in [3.8, 4) is 11.5 Å². The summed E-state index contributed by atoms with van der Waals surface area (Å²) >= 11 is 0. The van der Waals surface area contributed by atoms with Crippen LogP contribution in [-0.4, -0.2) is 6.79 Å². The minimum atomic E-state index is 0.368. The van der Waals surface area contributed by atoms with E-state index < -0.39 is 0 Å². The summed E-state index contributed by atoms with van der Waals surface area (Å²) in [6, 6.07) is 6.31. The third kappa shape index (κ3) is 1.10. The maximum atomic E-state index is 5.36. The molecule has 1 aromatic rings. The second-order valence-corrected chi connectivity index (χ2v) is 4.86. The van der Waals surface area contributed by atoms with Crippen LogP contribution in [0.4, 0.5) is 0 Å². The van der Waals surface area contributed by atoms with Gasteiger partial charge in [-0.2, -0.15) is 0 Å². The van der Waals surface area contributed by atoms with Crippen LogP contribution in [0.25, 0.3) is 0 Å². The molecule has 0 bridgehead atoms. The monoisotopic (exact) mass is 190 g/mol. The van der Waals surface area contributed by atoms with Crippen molar-refractivity contribution >= 4 is 0 Å². The van der Waals surface area contributed by atoms with Crippen LogP contribution in [0.3, 0.4) is 0 Å². The van der Waals surface area contributed by atoms with Crippen molar-refractivity contribution in [3.05, 3.63) is 23.8 Å². The predicted molar refractivity (Wildman–Crippen MR) is 53.7 cm³/mol. The van der Waals surface area contributed by atoms with E-state index >= 15 is 0 Å². The second-order valence-electron chi connectivity index (χ2n) is 4.86. The van der Waals surface area contributed by atoms with Gasteiger partial charge in [0.1, 0.15) is 0 Å². The molecule has 1 aliphatic heterocycles. The van der Waals surface area contributed by atoms with E-state index in [2.05, 4.69) is 26.0 Å². The Kier molecular flexibility index (Phi) is 1.42. The zero-order chi connectivity index (χ0) is 9.76. The van der Waals surface area contributed by atoms with Crippen LogP contribution in [0, 0.1) is 5.41 Å². The average Bonchev–Trinajstić information content (AvgIpc) is 2.63. The highest BCUT2D eigenvalue weighted by Gasteiger charge is 2.46. The molecule has 2 nitrogen and oxygen atoms in total. The Morgan fingerprint density at radius 2 is 1.93 bits per heavy atom. The van der Waals surface area contributed by atoms with Gasteiger partial charge in [0.25, 0.3) is 0 Å². The lowest BCUT2D eigenvalue weighted by Crippen LogP contribution is -1.93. The van der Waals surface area contributed by atoms with Crippen LogP contribution in [0.5, 0.6) is 11.5 Å². The molecule has 1 heterocycles. The number of fused-ring (bicyclic) bond motifs is 1. The summed E-state index contributed by atoms with van der Waals surface area (Å²) in [6.45, 7) is 4.98. The summed E-state index contributed by atoms with van der Waals surface area (Å²) in [5, 5.41) is 0. The summed E-state index contributed by atoms with van der Waals surface area (Å²) in [7, 11) is 0. The van der Waals surface area contributed by atoms with E-state index in [0.29, 0.717) is 18.1 Å². The molecule has 3 rings (SSSR count). The molecule has 1 saturated carbocycles. The normalized spacial score (nSPS) is 26.3. The van der Waals surface area contributed by atoms with Gasteiger partial charge in [0, 0.05) is 0 Å². The lowest BCUT2D eigenvalue weighted by Gasteiger charge is -2.04. The van der Waals surface area contributed by atoms with Crippen LogP contribution in [0.2, 0.25) is 0 Å². The zero-order valence-corrected chi connectivity index (χ0v) is 8.54. The van der Waals surface area contributed by atoms with Gasteiger partial charge in [-0.25, -0.2) is 0 Å². The zero-order valence-electron chi connectivity index (χ0n) is 8.54.